The number of rotatable bonds is 5. The first-order valence-corrected chi connectivity index (χ1v) is 4.40. The molecule has 0 aliphatic rings. The first-order valence-electron chi connectivity index (χ1n) is 4.40. The van der Waals surface area contributed by atoms with Gasteiger partial charge in [0.15, 0.2) is 0 Å². The Morgan fingerprint density at radius 3 is 2.92 bits per heavy atom. The van der Waals surface area contributed by atoms with E-state index in [0.717, 1.165) is 18.9 Å². The molecule has 0 aliphatic carbocycles. The summed E-state index contributed by atoms with van der Waals surface area (Å²) in [6.45, 7) is 5.21. The minimum Gasteiger partial charge on any atom is -0.413 e. The summed E-state index contributed by atoms with van der Waals surface area (Å²) in [6.07, 6.45) is 7.50. The van der Waals surface area contributed by atoms with Crippen molar-refractivity contribution < 1.29 is 4.84 Å². The normalized spacial score (nSPS) is 10.6. The van der Waals surface area contributed by atoms with Crippen LogP contribution in [0.5, 0.6) is 0 Å². The maximum Gasteiger partial charge on any atom is 0.131 e. The number of aromatic nitrogens is 2. The highest BCUT2D eigenvalue weighted by Crippen LogP contribution is 2.02. The lowest BCUT2D eigenvalue weighted by atomic mass is 10.1. The van der Waals surface area contributed by atoms with Gasteiger partial charge < -0.3 is 4.84 Å². The lowest BCUT2D eigenvalue weighted by Gasteiger charge is -2.06. The molecule has 0 radical (unpaired) electrons. The second-order valence-electron chi connectivity index (χ2n) is 3.29. The van der Waals surface area contributed by atoms with E-state index in [1.54, 1.807) is 23.5 Å². The Morgan fingerprint density at radius 1 is 1.50 bits per heavy atom. The second-order valence-corrected chi connectivity index (χ2v) is 3.29. The maximum absolute atomic E-state index is 5.35. The van der Waals surface area contributed by atoms with Crippen LogP contribution in [0.3, 0.4) is 0 Å². The van der Waals surface area contributed by atoms with Gasteiger partial charge in [0.05, 0.1) is 6.20 Å². The van der Waals surface area contributed by atoms with Gasteiger partial charge in [-0.15, -0.1) is 0 Å². The number of hydrogen-bond donors (Lipinski definition) is 0. The Morgan fingerprint density at radius 2 is 2.33 bits per heavy atom. The largest absolute Gasteiger partial charge is 0.413 e. The number of hydrogen-bond acceptors (Lipinski definition) is 2. The molecule has 0 atom stereocenters. The Balaban J connectivity index is 2.04. The van der Waals surface area contributed by atoms with Crippen LogP contribution in [-0.2, 0) is 0 Å². The van der Waals surface area contributed by atoms with Gasteiger partial charge in [0, 0.05) is 6.20 Å². The molecule has 1 rings (SSSR count). The molecule has 1 aromatic rings. The predicted octanol–water partition coefficient (Wildman–Crippen LogP) is 1.75. The van der Waals surface area contributed by atoms with E-state index in [1.807, 2.05) is 0 Å². The Kier molecular flexibility index (Phi) is 3.64. The van der Waals surface area contributed by atoms with E-state index in [1.165, 1.54) is 6.42 Å². The maximum atomic E-state index is 5.35. The molecule has 0 fully saturated rings. The molecule has 0 aliphatic heterocycles. The van der Waals surface area contributed by atoms with Gasteiger partial charge >= 0.3 is 0 Å². The molecule has 0 amide bonds. The van der Waals surface area contributed by atoms with Crippen LogP contribution in [0.1, 0.15) is 26.7 Å². The molecule has 0 N–H and O–H groups in total. The van der Waals surface area contributed by atoms with Gasteiger partial charge in [0.25, 0.3) is 0 Å². The molecule has 0 spiro atoms. The summed E-state index contributed by atoms with van der Waals surface area (Å²) in [5, 5.41) is 0. The highest BCUT2D eigenvalue weighted by molar-refractivity contribution is 4.69. The Labute approximate surface area is 73.3 Å². The molecule has 0 unspecified atom stereocenters. The van der Waals surface area contributed by atoms with E-state index in [-0.39, 0.29) is 0 Å². The summed E-state index contributed by atoms with van der Waals surface area (Å²) >= 11 is 0. The lowest BCUT2D eigenvalue weighted by molar-refractivity contribution is 0.104. The van der Waals surface area contributed by atoms with Gasteiger partial charge in [-0.05, 0) is 18.8 Å². The van der Waals surface area contributed by atoms with Gasteiger partial charge in [-0.25, -0.2) is 4.98 Å². The fraction of sp³-hybridized carbons (Fsp3) is 0.667. The quantitative estimate of drug-likeness (QED) is 0.626. The predicted molar refractivity (Wildman–Crippen MR) is 47.7 cm³/mol. The van der Waals surface area contributed by atoms with Crippen LogP contribution in [0.15, 0.2) is 18.7 Å². The van der Waals surface area contributed by atoms with Crippen molar-refractivity contribution >= 4 is 0 Å². The molecule has 0 bridgehead atoms. The highest BCUT2D eigenvalue weighted by atomic mass is 16.7. The van der Waals surface area contributed by atoms with Crippen LogP contribution in [-0.4, -0.2) is 16.3 Å². The number of imidazole rings is 1. The van der Waals surface area contributed by atoms with Crippen molar-refractivity contribution in [1.29, 1.82) is 0 Å². The van der Waals surface area contributed by atoms with E-state index in [2.05, 4.69) is 18.8 Å². The summed E-state index contributed by atoms with van der Waals surface area (Å²) < 4.78 is 1.64. The molecule has 3 nitrogen and oxygen atoms in total. The van der Waals surface area contributed by atoms with E-state index >= 15 is 0 Å². The molecule has 68 valence electrons. The van der Waals surface area contributed by atoms with Gasteiger partial charge in [0.1, 0.15) is 12.9 Å². The molecular weight excluding hydrogens is 152 g/mol. The molecule has 1 aromatic heterocycles. The highest BCUT2D eigenvalue weighted by Gasteiger charge is 1.94. The Bertz CT molecular complexity index is 194. The molecule has 0 aromatic carbocycles. The monoisotopic (exact) mass is 168 g/mol. The second kappa shape index (κ2) is 4.80. The summed E-state index contributed by atoms with van der Waals surface area (Å²) in [7, 11) is 0. The average molecular weight is 168 g/mol. The Hall–Kier alpha value is -0.990. The van der Waals surface area contributed by atoms with Crippen molar-refractivity contribution in [3.63, 3.8) is 0 Å². The summed E-state index contributed by atoms with van der Waals surface area (Å²) in [5.74, 6) is 0.761. The van der Waals surface area contributed by atoms with Gasteiger partial charge in [0.2, 0.25) is 0 Å². The van der Waals surface area contributed by atoms with Crippen molar-refractivity contribution in [3.05, 3.63) is 18.7 Å². The van der Waals surface area contributed by atoms with Crippen LogP contribution in [0.4, 0.5) is 0 Å². The zero-order valence-corrected chi connectivity index (χ0v) is 7.73. The molecule has 0 saturated heterocycles. The zero-order chi connectivity index (χ0) is 8.81. The van der Waals surface area contributed by atoms with Gasteiger partial charge in [-0.1, -0.05) is 13.8 Å². The van der Waals surface area contributed by atoms with Crippen molar-refractivity contribution in [1.82, 2.24) is 9.71 Å². The van der Waals surface area contributed by atoms with Crippen molar-refractivity contribution in [3.8, 4) is 0 Å². The molecule has 0 saturated carbocycles. The van der Waals surface area contributed by atoms with Crippen molar-refractivity contribution in [2.24, 2.45) is 5.92 Å². The van der Waals surface area contributed by atoms with Crippen molar-refractivity contribution in [2.75, 3.05) is 6.61 Å². The smallest absolute Gasteiger partial charge is 0.131 e. The average Bonchev–Trinajstić information content (AvgIpc) is 2.49. The SMILES string of the molecule is CC(C)CCCOn1ccnc1. The molecule has 12 heavy (non-hydrogen) atoms. The third-order valence-electron chi connectivity index (χ3n) is 1.65. The standard InChI is InChI=1S/C9H16N2O/c1-9(2)4-3-7-12-11-6-5-10-8-11/h5-6,8-9H,3-4,7H2,1-2H3. The van der Waals surface area contributed by atoms with Crippen LogP contribution in [0.2, 0.25) is 0 Å². The lowest BCUT2D eigenvalue weighted by Crippen LogP contribution is -2.10. The zero-order valence-electron chi connectivity index (χ0n) is 7.73. The first-order chi connectivity index (χ1) is 5.79. The fourth-order valence-corrected chi connectivity index (χ4v) is 0.985. The minimum absolute atomic E-state index is 0.761. The third-order valence-corrected chi connectivity index (χ3v) is 1.65. The van der Waals surface area contributed by atoms with Crippen LogP contribution in [0.25, 0.3) is 0 Å². The molecule has 1 heterocycles. The van der Waals surface area contributed by atoms with E-state index in [0.29, 0.717) is 0 Å². The molecular formula is C9H16N2O. The van der Waals surface area contributed by atoms with Crippen molar-refractivity contribution in [2.45, 2.75) is 26.7 Å². The van der Waals surface area contributed by atoms with Crippen LogP contribution < -0.4 is 4.84 Å². The molecule has 3 heteroatoms. The number of nitrogens with zero attached hydrogens (tertiary/aromatic N) is 2. The fourth-order valence-electron chi connectivity index (χ4n) is 0.985. The van der Waals surface area contributed by atoms with Gasteiger partial charge in [-0.2, -0.15) is 4.73 Å². The van der Waals surface area contributed by atoms with E-state index < -0.39 is 0 Å². The third kappa shape index (κ3) is 3.42. The minimum atomic E-state index is 0.761. The van der Waals surface area contributed by atoms with E-state index in [4.69, 9.17) is 4.84 Å². The van der Waals surface area contributed by atoms with Crippen LogP contribution in [0, 0.1) is 5.92 Å². The summed E-state index contributed by atoms with van der Waals surface area (Å²) in [5.41, 5.74) is 0. The summed E-state index contributed by atoms with van der Waals surface area (Å²) in [6, 6.07) is 0. The van der Waals surface area contributed by atoms with Crippen LogP contribution >= 0.6 is 0 Å². The first kappa shape index (κ1) is 9.10. The van der Waals surface area contributed by atoms with Gasteiger partial charge in [-0.3, -0.25) is 0 Å². The summed E-state index contributed by atoms with van der Waals surface area (Å²) in [4.78, 5) is 9.22. The topological polar surface area (TPSA) is 27.1 Å². The van der Waals surface area contributed by atoms with E-state index in [9.17, 15) is 0 Å².